The molecule has 0 radical (unpaired) electrons. The van der Waals surface area contributed by atoms with Gasteiger partial charge in [-0.2, -0.15) is 0 Å². The lowest BCUT2D eigenvalue weighted by molar-refractivity contribution is -0.0511. The zero-order chi connectivity index (χ0) is 16.7. The van der Waals surface area contributed by atoms with E-state index >= 15 is 0 Å². The number of imidazole rings is 1. The first-order valence-corrected chi connectivity index (χ1v) is 6.82. The van der Waals surface area contributed by atoms with E-state index in [1.165, 1.54) is 17.9 Å². The van der Waals surface area contributed by atoms with Crippen molar-refractivity contribution in [1.82, 2.24) is 24.8 Å². The van der Waals surface area contributed by atoms with Crippen LogP contribution < -0.4 is 11.1 Å². The van der Waals surface area contributed by atoms with Crippen molar-refractivity contribution in [2.45, 2.75) is 24.5 Å². The standard InChI is InChI=1S/C12H16N6O5/c1-14-11(22)9-16-8(13)5-10(17-9)18(3-15-5)12-7(21)6(20)4(2-19)23-12/h3-4,6-7,12,19-21H,2H2,1H3,(H,14,22)(H2,13,16,17)/t4-,6+,7+,12-/m1/s1. The molecule has 11 heteroatoms. The summed E-state index contributed by atoms with van der Waals surface area (Å²) in [6.07, 6.45) is -3.22. The molecule has 0 bridgehead atoms. The Hall–Kier alpha value is -2.34. The van der Waals surface area contributed by atoms with Gasteiger partial charge in [0, 0.05) is 7.05 Å². The maximum atomic E-state index is 11.7. The summed E-state index contributed by atoms with van der Waals surface area (Å²) in [6.45, 7) is -0.456. The van der Waals surface area contributed by atoms with E-state index in [9.17, 15) is 15.0 Å². The normalized spacial score (nSPS) is 27.5. The topological polar surface area (TPSA) is 169 Å². The molecule has 11 nitrogen and oxygen atoms in total. The summed E-state index contributed by atoms with van der Waals surface area (Å²) in [5.74, 6) is -0.697. The van der Waals surface area contributed by atoms with E-state index in [1.54, 1.807) is 0 Å². The van der Waals surface area contributed by atoms with Crippen LogP contribution in [0.25, 0.3) is 11.2 Å². The Bertz CT molecular complexity index is 749. The van der Waals surface area contributed by atoms with Crippen molar-refractivity contribution >= 4 is 22.9 Å². The highest BCUT2D eigenvalue weighted by atomic mass is 16.6. The fraction of sp³-hybridized carbons (Fsp3) is 0.500. The number of aliphatic hydroxyl groups is 3. The number of hydrogen-bond acceptors (Lipinski definition) is 9. The molecule has 4 atom stereocenters. The molecule has 6 N–H and O–H groups in total. The van der Waals surface area contributed by atoms with Crippen LogP contribution in [0.15, 0.2) is 6.33 Å². The Morgan fingerprint density at radius 1 is 1.43 bits per heavy atom. The maximum Gasteiger partial charge on any atom is 0.288 e. The minimum absolute atomic E-state index is 0.000839. The Labute approximate surface area is 129 Å². The second-order valence-corrected chi connectivity index (χ2v) is 5.06. The molecule has 124 valence electrons. The van der Waals surface area contributed by atoms with Gasteiger partial charge in [0.2, 0.25) is 5.82 Å². The van der Waals surface area contributed by atoms with Gasteiger partial charge in [-0.15, -0.1) is 0 Å². The average molecular weight is 324 g/mol. The molecule has 3 rings (SSSR count). The summed E-state index contributed by atoms with van der Waals surface area (Å²) in [6, 6.07) is 0. The first-order valence-electron chi connectivity index (χ1n) is 6.82. The minimum Gasteiger partial charge on any atom is -0.394 e. The molecule has 0 spiro atoms. The van der Waals surface area contributed by atoms with E-state index < -0.39 is 37.1 Å². The van der Waals surface area contributed by atoms with Gasteiger partial charge in [-0.25, -0.2) is 15.0 Å². The van der Waals surface area contributed by atoms with Gasteiger partial charge in [-0.1, -0.05) is 0 Å². The van der Waals surface area contributed by atoms with Gasteiger partial charge in [-0.3, -0.25) is 9.36 Å². The number of ether oxygens (including phenoxy) is 1. The van der Waals surface area contributed by atoms with Crippen molar-refractivity contribution < 1.29 is 24.9 Å². The quantitative estimate of drug-likeness (QED) is 0.405. The van der Waals surface area contributed by atoms with Crippen molar-refractivity contribution in [2.75, 3.05) is 19.4 Å². The fourth-order valence-corrected chi connectivity index (χ4v) is 2.45. The van der Waals surface area contributed by atoms with Crippen LogP contribution in [0.3, 0.4) is 0 Å². The molecule has 1 aliphatic rings. The van der Waals surface area contributed by atoms with Gasteiger partial charge in [0.15, 0.2) is 17.7 Å². The number of fused-ring (bicyclic) bond motifs is 1. The smallest absolute Gasteiger partial charge is 0.288 e. The summed E-state index contributed by atoms with van der Waals surface area (Å²) in [5, 5.41) is 31.5. The zero-order valence-corrected chi connectivity index (χ0v) is 12.1. The highest BCUT2D eigenvalue weighted by molar-refractivity contribution is 5.93. The second-order valence-electron chi connectivity index (χ2n) is 5.06. The van der Waals surface area contributed by atoms with Crippen LogP contribution in [0.1, 0.15) is 16.8 Å². The number of carbonyl (C=O) groups excluding carboxylic acids is 1. The Morgan fingerprint density at radius 3 is 2.78 bits per heavy atom. The van der Waals surface area contributed by atoms with Gasteiger partial charge >= 0.3 is 0 Å². The molecule has 0 aliphatic carbocycles. The summed E-state index contributed by atoms with van der Waals surface area (Å²) in [7, 11) is 1.43. The highest BCUT2D eigenvalue weighted by Gasteiger charge is 2.44. The van der Waals surface area contributed by atoms with Crippen molar-refractivity contribution in [3.63, 3.8) is 0 Å². The molecule has 2 aromatic heterocycles. The number of rotatable bonds is 3. The molecule has 23 heavy (non-hydrogen) atoms. The third-order valence-corrected chi connectivity index (χ3v) is 3.67. The molecule has 0 unspecified atom stereocenters. The number of nitrogens with zero attached hydrogens (tertiary/aromatic N) is 4. The molecule has 1 amide bonds. The molecule has 3 heterocycles. The van der Waals surface area contributed by atoms with E-state index in [1.807, 2.05) is 0 Å². The number of amides is 1. The van der Waals surface area contributed by atoms with E-state index in [4.69, 9.17) is 15.6 Å². The number of nitrogens with two attached hydrogens (primary N) is 1. The summed E-state index contributed by atoms with van der Waals surface area (Å²) >= 11 is 0. The Kier molecular flexibility index (Phi) is 3.85. The van der Waals surface area contributed by atoms with Crippen LogP contribution in [0.4, 0.5) is 5.82 Å². The number of aliphatic hydroxyl groups excluding tert-OH is 3. The maximum absolute atomic E-state index is 11.7. The molecular formula is C12H16N6O5. The number of nitrogen functional groups attached to an aromatic ring is 1. The van der Waals surface area contributed by atoms with Gasteiger partial charge in [0.1, 0.15) is 23.8 Å². The molecule has 2 aromatic rings. The van der Waals surface area contributed by atoms with Crippen LogP contribution in [0.5, 0.6) is 0 Å². The first kappa shape index (κ1) is 15.6. The van der Waals surface area contributed by atoms with Crippen LogP contribution in [0.2, 0.25) is 0 Å². The monoisotopic (exact) mass is 324 g/mol. The lowest BCUT2D eigenvalue weighted by Crippen LogP contribution is -2.33. The van der Waals surface area contributed by atoms with E-state index in [2.05, 4.69) is 20.3 Å². The van der Waals surface area contributed by atoms with Crippen LogP contribution in [-0.4, -0.2) is 72.7 Å². The third kappa shape index (κ3) is 2.39. The minimum atomic E-state index is -1.30. The van der Waals surface area contributed by atoms with Crippen LogP contribution in [-0.2, 0) is 4.74 Å². The second kappa shape index (κ2) is 5.70. The van der Waals surface area contributed by atoms with Gasteiger partial charge in [-0.05, 0) is 0 Å². The summed E-state index contributed by atoms with van der Waals surface area (Å²) in [4.78, 5) is 23.7. The molecule has 0 aromatic carbocycles. The summed E-state index contributed by atoms with van der Waals surface area (Å²) in [5.41, 5.74) is 6.18. The van der Waals surface area contributed by atoms with E-state index in [-0.39, 0.29) is 22.8 Å². The average Bonchev–Trinajstić information content (AvgIpc) is 3.09. The zero-order valence-electron chi connectivity index (χ0n) is 12.1. The van der Waals surface area contributed by atoms with Gasteiger partial charge < -0.3 is 31.1 Å². The largest absolute Gasteiger partial charge is 0.394 e. The van der Waals surface area contributed by atoms with Crippen molar-refractivity contribution in [3.8, 4) is 0 Å². The Morgan fingerprint density at radius 2 is 2.17 bits per heavy atom. The number of hydrogen-bond donors (Lipinski definition) is 5. The molecule has 1 saturated heterocycles. The molecular weight excluding hydrogens is 308 g/mol. The number of nitrogens with one attached hydrogen (secondary N) is 1. The fourth-order valence-electron chi connectivity index (χ4n) is 2.45. The number of aromatic nitrogens is 4. The van der Waals surface area contributed by atoms with Crippen molar-refractivity contribution in [2.24, 2.45) is 0 Å². The molecule has 0 saturated carbocycles. The predicted octanol–water partition coefficient (Wildman–Crippen LogP) is -2.62. The van der Waals surface area contributed by atoms with Crippen molar-refractivity contribution in [1.29, 1.82) is 0 Å². The molecule has 1 aliphatic heterocycles. The Balaban J connectivity index is 2.08. The van der Waals surface area contributed by atoms with Crippen molar-refractivity contribution in [3.05, 3.63) is 12.2 Å². The van der Waals surface area contributed by atoms with Gasteiger partial charge in [0.25, 0.3) is 5.91 Å². The lowest BCUT2D eigenvalue weighted by atomic mass is 10.1. The highest BCUT2D eigenvalue weighted by Crippen LogP contribution is 2.31. The molecule has 1 fully saturated rings. The van der Waals surface area contributed by atoms with E-state index in [0.717, 1.165) is 0 Å². The lowest BCUT2D eigenvalue weighted by Gasteiger charge is -2.16. The van der Waals surface area contributed by atoms with Crippen LogP contribution in [0, 0.1) is 0 Å². The van der Waals surface area contributed by atoms with Gasteiger partial charge in [0.05, 0.1) is 12.9 Å². The first-order chi connectivity index (χ1) is 11.0. The predicted molar refractivity (Wildman–Crippen MR) is 76.1 cm³/mol. The summed E-state index contributed by atoms with van der Waals surface area (Å²) < 4.78 is 6.76. The third-order valence-electron chi connectivity index (χ3n) is 3.67. The SMILES string of the molecule is CNC(=O)c1nc(N)c2ncn([C@@H]3O[C@H](CO)[C@H](O)[C@@H]3O)c2n1. The van der Waals surface area contributed by atoms with Crippen LogP contribution >= 0.6 is 0 Å². The number of anilines is 1. The van der Waals surface area contributed by atoms with E-state index in [0.29, 0.717) is 0 Å². The number of carbonyl (C=O) groups is 1.